The summed E-state index contributed by atoms with van der Waals surface area (Å²) < 4.78 is 10.4. The Morgan fingerprint density at radius 3 is 2.47 bits per heavy atom. The molecule has 0 saturated carbocycles. The summed E-state index contributed by atoms with van der Waals surface area (Å²) in [4.78, 5) is 15.8. The molecule has 3 aromatic heterocycles. The number of hydrogen-bond acceptors (Lipinski definition) is 7. The van der Waals surface area contributed by atoms with Gasteiger partial charge in [-0.1, -0.05) is 57.2 Å². The quantitative estimate of drug-likeness (QED) is 0.188. The van der Waals surface area contributed by atoms with Crippen LogP contribution >= 0.6 is 0 Å². The third-order valence-corrected chi connectivity index (χ3v) is 9.10. The number of carbonyl (C=O) groups is 1. The van der Waals surface area contributed by atoms with Gasteiger partial charge in [-0.05, 0) is 73.1 Å². The van der Waals surface area contributed by atoms with Crippen LogP contribution < -0.4 is 20.3 Å². The molecule has 1 aliphatic heterocycles. The lowest BCUT2D eigenvalue weighted by Crippen LogP contribution is -2.36. The van der Waals surface area contributed by atoms with Gasteiger partial charge < -0.3 is 20.1 Å². The minimum atomic E-state index is -0.305. The fraction of sp³-hybridized carbons (Fsp3) is 0.389. The number of anilines is 2. The molecule has 2 aromatic carbocycles. The molecule has 3 N–H and O–H groups in total. The zero-order valence-electron chi connectivity index (χ0n) is 27.2. The molecule has 5 aromatic rings. The molecule has 2 aliphatic rings. The number of aliphatic hydroxyl groups is 1. The molecule has 1 aliphatic carbocycles. The Bertz CT molecular complexity index is 1870. The summed E-state index contributed by atoms with van der Waals surface area (Å²) in [5.41, 5.74) is 5.15. The van der Waals surface area contributed by atoms with Gasteiger partial charge in [0.15, 0.2) is 5.65 Å². The molecule has 0 radical (unpaired) electrons. The second-order valence-corrected chi connectivity index (χ2v) is 13.5. The van der Waals surface area contributed by atoms with E-state index in [1.807, 2.05) is 65.2 Å². The van der Waals surface area contributed by atoms with Crippen molar-refractivity contribution in [2.45, 2.75) is 77.0 Å². The van der Waals surface area contributed by atoms with Crippen LogP contribution in [0, 0.1) is 0 Å². The van der Waals surface area contributed by atoms with Gasteiger partial charge in [-0.3, -0.25) is 9.72 Å². The van der Waals surface area contributed by atoms with E-state index < -0.39 is 0 Å². The lowest BCUT2D eigenvalue weighted by molar-refractivity contribution is 0.171. The molecular formula is C36H42N8O3. The summed E-state index contributed by atoms with van der Waals surface area (Å²) in [6.07, 6.45) is 6.88. The SMILES string of the molecule is CC(C)(C)c1cc(NC(=O)N[C@H]2CC[C@@H](Oc3ccc4nnc(N5CCCCC5)n4c3)c3ccccc32)n(-c2ccc(CO)cc2)n1. The van der Waals surface area contributed by atoms with E-state index in [1.165, 1.54) is 6.42 Å². The van der Waals surface area contributed by atoms with Gasteiger partial charge in [0.05, 0.1) is 30.2 Å². The van der Waals surface area contributed by atoms with Crippen molar-refractivity contribution in [1.82, 2.24) is 29.7 Å². The number of amides is 2. The number of urea groups is 1. The summed E-state index contributed by atoms with van der Waals surface area (Å²) in [5, 5.41) is 29.4. The number of piperidine rings is 1. The van der Waals surface area contributed by atoms with Crippen molar-refractivity contribution in [3.05, 3.63) is 95.3 Å². The van der Waals surface area contributed by atoms with Crippen molar-refractivity contribution < 1.29 is 14.6 Å². The van der Waals surface area contributed by atoms with E-state index in [-0.39, 0.29) is 30.2 Å². The molecule has 11 heteroatoms. The number of rotatable bonds is 7. The second-order valence-electron chi connectivity index (χ2n) is 13.5. The van der Waals surface area contributed by atoms with Crippen molar-refractivity contribution >= 4 is 23.4 Å². The number of ether oxygens (including phenoxy) is 1. The van der Waals surface area contributed by atoms with E-state index in [1.54, 1.807) is 4.68 Å². The third kappa shape index (κ3) is 6.40. The molecule has 1 saturated heterocycles. The zero-order chi connectivity index (χ0) is 32.5. The van der Waals surface area contributed by atoms with E-state index >= 15 is 0 Å². The van der Waals surface area contributed by atoms with E-state index in [4.69, 9.17) is 9.84 Å². The van der Waals surface area contributed by atoms with E-state index in [2.05, 4.69) is 58.6 Å². The number of aromatic nitrogens is 5. The Balaban J connectivity index is 1.08. The first-order valence-corrected chi connectivity index (χ1v) is 16.5. The van der Waals surface area contributed by atoms with Crippen molar-refractivity contribution in [3.63, 3.8) is 0 Å². The van der Waals surface area contributed by atoms with Gasteiger partial charge in [-0.15, -0.1) is 10.2 Å². The number of nitrogens with one attached hydrogen (secondary N) is 2. The van der Waals surface area contributed by atoms with Crippen LogP contribution in [-0.4, -0.2) is 48.6 Å². The summed E-state index contributed by atoms with van der Waals surface area (Å²) in [7, 11) is 0. The first-order valence-electron chi connectivity index (χ1n) is 16.5. The lowest BCUT2D eigenvalue weighted by atomic mass is 9.85. The monoisotopic (exact) mass is 634 g/mol. The number of carbonyl (C=O) groups excluding carboxylic acids is 1. The van der Waals surface area contributed by atoms with E-state index in [0.717, 1.165) is 84.2 Å². The molecule has 1 fully saturated rings. The third-order valence-electron chi connectivity index (χ3n) is 9.10. The molecule has 0 bridgehead atoms. The van der Waals surface area contributed by atoms with Gasteiger partial charge in [0.2, 0.25) is 5.95 Å². The Kier molecular flexibility index (Phi) is 8.31. The van der Waals surface area contributed by atoms with Crippen LogP contribution in [0.15, 0.2) is 72.9 Å². The summed E-state index contributed by atoms with van der Waals surface area (Å²) >= 11 is 0. The minimum Gasteiger partial charge on any atom is -0.484 e. The second kappa shape index (κ2) is 12.7. The van der Waals surface area contributed by atoms with Crippen LogP contribution in [-0.2, 0) is 12.0 Å². The minimum absolute atomic E-state index is 0.0358. The lowest BCUT2D eigenvalue weighted by Gasteiger charge is -2.32. The average molecular weight is 635 g/mol. The van der Waals surface area contributed by atoms with Gasteiger partial charge >= 0.3 is 6.03 Å². The highest BCUT2D eigenvalue weighted by atomic mass is 16.5. The maximum Gasteiger partial charge on any atom is 0.320 e. The topological polar surface area (TPSA) is 122 Å². The summed E-state index contributed by atoms with van der Waals surface area (Å²) in [6, 6.07) is 21.0. The highest BCUT2D eigenvalue weighted by Crippen LogP contribution is 2.39. The highest BCUT2D eigenvalue weighted by molar-refractivity contribution is 5.89. The molecule has 244 valence electrons. The van der Waals surface area contributed by atoms with Gasteiger partial charge in [0, 0.05) is 24.6 Å². The van der Waals surface area contributed by atoms with Crippen LogP contribution in [0.5, 0.6) is 5.75 Å². The Morgan fingerprint density at radius 1 is 0.957 bits per heavy atom. The van der Waals surface area contributed by atoms with Crippen molar-refractivity contribution in [2.75, 3.05) is 23.3 Å². The predicted molar refractivity (Wildman–Crippen MR) is 181 cm³/mol. The van der Waals surface area contributed by atoms with Crippen LogP contribution in [0.1, 0.15) is 87.4 Å². The number of aliphatic hydroxyl groups excluding tert-OH is 1. The van der Waals surface area contributed by atoms with E-state index in [9.17, 15) is 9.90 Å². The molecule has 2 atom stereocenters. The number of hydrogen-bond donors (Lipinski definition) is 3. The molecule has 2 amide bonds. The summed E-state index contributed by atoms with van der Waals surface area (Å²) in [6.45, 7) is 8.21. The number of nitrogens with zero attached hydrogens (tertiary/aromatic N) is 6. The van der Waals surface area contributed by atoms with Crippen LogP contribution in [0.4, 0.5) is 16.6 Å². The van der Waals surface area contributed by atoms with Crippen molar-refractivity contribution in [1.29, 1.82) is 0 Å². The van der Waals surface area contributed by atoms with E-state index in [0.29, 0.717) is 5.82 Å². The fourth-order valence-electron chi connectivity index (χ4n) is 6.51. The van der Waals surface area contributed by atoms with Gasteiger partial charge in [-0.25, -0.2) is 9.48 Å². The fourth-order valence-corrected chi connectivity index (χ4v) is 6.51. The Morgan fingerprint density at radius 2 is 1.72 bits per heavy atom. The standard InChI is InChI=1S/C36H42N8O3/c1-36(2,3)31-21-33(44(41-31)25-13-11-24(23-45)12-14-25)38-34(46)37-29-16-17-30(28-10-6-5-9-27(28)29)47-26-15-18-32-39-40-35(43(32)22-26)42-19-7-4-8-20-42/h5-6,9-15,18,21-22,29-30,45H,4,7-8,16-17,19-20,23H2,1-3H3,(H2,37,38,46)/t29-,30+/m0/s1. The number of fused-ring (bicyclic) bond motifs is 2. The largest absolute Gasteiger partial charge is 0.484 e. The first-order chi connectivity index (χ1) is 22.8. The van der Waals surface area contributed by atoms with Gasteiger partial charge in [0.25, 0.3) is 0 Å². The number of pyridine rings is 1. The molecule has 47 heavy (non-hydrogen) atoms. The van der Waals surface area contributed by atoms with Crippen molar-refractivity contribution in [2.24, 2.45) is 0 Å². The smallest absolute Gasteiger partial charge is 0.320 e. The number of benzene rings is 2. The molecule has 11 nitrogen and oxygen atoms in total. The van der Waals surface area contributed by atoms with Crippen LogP contribution in [0.25, 0.3) is 11.3 Å². The normalized spacial score (nSPS) is 18.2. The molecule has 0 spiro atoms. The zero-order valence-corrected chi connectivity index (χ0v) is 27.2. The molecule has 4 heterocycles. The molecular weight excluding hydrogens is 592 g/mol. The maximum absolute atomic E-state index is 13.5. The van der Waals surface area contributed by atoms with Crippen LogP contribution in [0.3, 0.4) is 0 Å². The Labute approximate surface area is 274 Å². The predicted octanol–water partition coefficient (Wildman–Crippen LogP) is 6.47. The maximum atomic E-state index is 13.5. The highest BCUT2D eigenvalue weighted by Gasteiger charge is 2.30. The van der Waals surface area contributed by atoms with Gasteiger partial charge in [-0.2, -0.15) is 5.10 Å². The molecule has 0 unspecified atom stereocenters. The molecule has 7 rings (SSSR count). The first kappa shape index (κ1) is 30.7. The Hall–Kier alpha value is -4.90. The van der Waals surface area contributed by atoms with Gasteiger partial charge in [0.1, 0.15) is 17.7 Å². The van der Waals surface area contributed by atoms with Crippen LogP contribution in [0.2, 0.25) is 0 Å². The summed E-state index contributed by atoms with van der Waals surface area (Å²) in [5.74, 6) is 2.19. The average Bonchev–Trinajstić information content (AvgIpc) is 3.71. The van der Waals surface area contributed by atoms with Crippen molar-refractivity contribution in [3.8, 4) is 11.4 Å².